The van der Waals surface area contributed by atoms with Crippen molar-refractivity contribution in [3.8, 4) is 0 Å². The first-order valence-corrected chi connectivity index (χ1v) is 8.16. The largest absolute Gasteiger partial charge is 0.478 e. The van der Waals surface area contributed by atoms with Crippen LogP contribution in [0.5, 0.6) is 0 Å². The fourth-order valence-electron chi connectivity index (χ4n) is 2.67. The number of carboxylic acids is 1. The molecule has 0 atom stereocenters. The molecule has 0 unspecified atom stereocenters. The van der Waals surface area contributed by atoms with E-state index in [0.717, 1.165) is 37.1 Å². The zero-order valence-corrected chi connectivity index (χ0v) is 12.4. The highest BCUT2D eigenvalue weighted by Gasteiger charge is 2.20. The summed E-state index contributed by atoms with van der Waals surface area (Å²) in [6.45, 7) is 0.769. The number of carboxylic acid groups (broad SMARTS) is 1. The fraction of sp³-hybridized carbons (Fsp3) is 0.533. The Morgan fingerprint density at radius 1 is 1.35 bits per heavy atom. The number of aliphatic hydroxyl groups excluding tert-OH is 1. The Labute approximate surface area is 123 Å². The molecule has 0 aromatic heterocycles. The molecule has 1 aromatic carbocycles. The molecule has 20 heavy (non-hydrogen) atoms. The van der Waals surface area contributed by atoms with Gasteiger partial charge in [0, 0.05) is 17.1 Å². The molecule has 0 heterocycles. The van der Waals surface area contributed by atoms with E-state index in [1.165, 1.54) is 11.8 Å². The van der Waals surface area contributed by atoms with Crippen molar-refractivity contribution in [1.29, 1.82) is 0 Å². The van der Waals surface area contributed by atoms with Gasteiger partial charge in [-0.25, -0.2) is 4.79 Å². The van der Waals surface area contributed by atoms with Crippen LogP contribution in [0.4, 0.5) is 5.69 Å². The smallest absolute Gasteiger partial charge is 0.338 e. The van der Waals surface area contributed by atoms with Crippen molar-refractivity contribution in [2.24, 2.45) is 5.92 Å². The summed E-state index contributed by atoms with van der Waals surface area (Å²) in [6.07, 6.45) is 5.43. The number of carbonyl (C=O) groups is 1. The monoisotopic (exact) mass is 295 g/mol. The van der Waals surface area contributed by atoms with Crippen molar-refractivity contribution in [2.75, 3.05) is 18.1 Å². The van der Waals surface area contributed by atoms with E-state index < -0.39 is 5.97 Å². The van der Waals surface area contributed by atoms with Crippen LogP contribution >= 0.6 is 11.8 Å². The average Bonchev–Trinajstić information content (AvgIpc) is 2.46. The third kappa shape index (κ3) is 3.67. The van der Waals surface area contributed by atoms with Gasteiger partial charge in [0.25, 0.3) is 0 Å². The topological polar surface area (TPSA) is 69.6 Å². The van der Waals surface area contributed by atoms with Crippen LogP contribution in [0.1, 0.15) is 36.0 Å². The first-order chi connectivity index (χ1) is 9.61. The predicted molar refractivity (Wildman–Crippen MR) is 81.6 cm³/mol. The van der Waals surface area contributed by atoms with E-state index in [1.54, 1.807) is 0 Å². The van der Waals surface area contributed by atoms with Crippen molar-refractivity contribution in [2.45, 2.75) is 36.7 Å². The van der Waals surface area contributed by atoms with Gasteiger partial charge in [0.15, 0.2) is 0 Å². The Morgan fingerprint density at radius 3 is 2.65 bits per heavy atom. The number of nitrogens with one attached hydrogen (secondary N) is 1. The molecule has 1 fully saturated rings. The van der Waals surface area contributed by atoms with E-state index in [4.69, 9.17) is 0 Å². The number of hydrogen-bond donors (Lipinski definition) is 3. The van der Waals surface area contributed by atoms with E-state index in [9.17, 15) is 15.0 Å². The lowest BCUT2D eigenvalue weighted by Gasteiger charge is -2.26. The number of aliphatic hydroxyl groups is 1. The molecule has 4 nitrogen and oxygen atoms in total. The molecule has 5 heteroatoms. The summed E-state index contributed by atoms with van der Waals surface area (Å²) >= 11 is 1.45. The lowest BCUT2D eigenvalue weighted by molar-refractivity contribution is 0.0694. The van der Waals surface area contributed by atoms with Gasteiger partial charge >= 0.3 is 5.97 Å². The summed E-state index contributed by atoms with van der Waals surface area (Å²) in [7, 11) is 0. The van der Waals surface area contributed by atoms with Crippen LogP contribution in [0.15, 0.2) is 23.1 Å². The van der Waals surface area contributed by atoms with Crippen molar-refractivity contribution < 1.29 is 15.0 Å². The summed E-state index contributed by atoms with van der Waals surface area (Å²) in [5.41, 5.74) is 1.05. The summed E-state index contributed by atoms with van der Waals surface area (Å²) in [5.74, 6) is -0.380. The Kier molecular flexibility index (Phi) is 5.31. The standard InChI is InChI=1S/C15H21NO3S/c1-20-13-4-2-3-12(14(13)15(18)19)16-9-10-5-7-11(17)8-6-10/h2-4,10-11,16-17H,5-9H2,1H3,(H,18,19). The lowest BCUT2D eigenvalue weighted by atomic mass is 9.87. The van der Waals surface area contributed by atoms with E-state index in [1.807, 2.05) is 24.5 Å². The quantitative estimate of drug-likeness (QED) is 0.728. The van der Waals surface area contributed by atoms with Crippen LogP contribution in [-0.2, 0) is 0 Å². The van der Waals surface area contributed by atoms with Gasteiger partial charge in [-0.1, -0.05) is 6.07 Å². The summed E-state index contributed by atoms with van der Waals surface area (Å²) in [4.78, 5) is 12.2. The Hall–Kier alpha value is -1.20. The van der Waals surface area contributed by atoms with Gasteiger partial charge in [-0.2, -0.15) is 0 Å². The van der Waals surface area contributed by atoms with Gasteiger partial charge in [0.1, 0.15) is 0 Å². The third-order valence-electron chi connectivity index (χ3n) is 3.86. The molecular formula is C15H21NO3S. The minimum atomic E-state index is -0.892. The van der Waals surface area contributed by atoms with E-state index in [2.05, 4.69) is 5.32 Å². The van der Waals surface area contributed by atoms with E-state index >= 15 is 0 Å². The highest BCUT2D eigenvalue weighted by molar-refractivity contribution is 7.98. The molecule has 0 saturated heterocycles. The lowest BCUT2D eigenvalue weighted by Crippen LogP contribution is -2.24. The van der Waals surface area contributed by atoms with Gasteiger partial charge in [-0.3, -0.25) is 0 Å². The van der Waals surface area contributed by atoms with Gasteiger partial charge in [-0.05, 0) is 50.0 Å². The zero-order valence-electron chi connectivity index (χ0n) is 11.6. The van der Waals surface area contributed by atoms with Crippen molar-refractivity contribution in [3.05, 3.63) is 23.8 Å². The Morgan fingerprint density at radius 2 is 2.05 bits per heavy atom. The molecule has 0 aliphatic heterocycles. The summed E-state index contributed by atoms with van der Waals surface area (Å²) in [5, 5.41) is 22.1. The molecule has 0 radical (unpaired) electrons. The summed E-state index contributed by atoms with van der Waals surface area (Å²) < 4.78 is 0. The number of rotatable bonds is 5. The van der Waals surface area contributed by atoms with Crippen LogP contribution in [0.3, 0.4) is 0 Å². The maximum atomic E-state index is 11.4. The maximum Gasteiger partial charge on any atom is 0.338 e. The number of thioether (sulfide) groups is 1. The molecule has 0 amide bonds. The van der Waals surface area contributed by atoms with Gasteiger partial charge in [0.05, 0.1) is 11.7 Å². The third-order valence-corrected chi connectivity index (χ3v) is 4.64. The molecule has 3 N–H and O–H groups in total. The second-order valence-corrected chi connectivity index (χ2v) is 6.09. The molecule has 0 bridgehead atoms. The van der Waals surface area contributed by atoms with Crippen LogP contribution in [0.25, 0.3) is 0 Å². The number of hydrogen-bond acceptors (Lipinski definition) is 4. The second-order valence-electron chi connectivity index (χ2n) is 5.24. The Bertz CT molecular complexity index is 470. The minimum absolute atomic E-state index is 0.152. The molecule has 0 spiro atoms. The molecule has 1 aliphatic carbocycles. The Balaban J connectivity index is 2.04. The average molecular weight is 295 g/mol. The van der Waals surface area contributed by atoms with Gasteiger partial charge in [-0.15, -0.1) is 11.8 Å². The van der Waals surface area contributed by atoms with Crippen LogP contribution in [0.2, 0.25) is 0 Å². The first-order valence-electron chi connectivity index (χ1n) is 6.94. The molecular weight excluding hydrogens is 274 g/mol. The molecule has 1 aliphatic rings. The van der Waals surface area contributed by atoms with Crippen LogP contribution < -0.4 is 5.32 Å². The normalized spacial score (nSPS) is 22.5. The van der Waals surface area contributed by atoms with Crippen molar-refractivity contribution >= 4 is 23.4 Å². The van der Waals surface area contributed by atoms with Crippen molar-refractivity contribution in [3.63, 3.8) is 0 Å². The predicted octanol–water partition coefficient (Wildman–Crippen LogP) is 3.07. The zero-order chi connectivity index (χ0) is 14.5. The SMILES string of the molecule is CSc1cccc(NCC2CCC(O)CC2)c1C(=O)O. The molecule has 2 rings (SSSR count). The molecule has 110 valence electrons. The molecule has 1 saturated carbocycles. The number of aromatic carboxylic acids is 1. The van der Waals surface area contributed by atoms with E-state index in [0.29, 0.717) is 17.2 Å². The number of anilines is 1. The summed E-state index contributed by atoms with van der Waals surface area (Å²) in [6, 6.07) is 5.53. The van der Waals surface area contributed by atoms with Crippen molar-refractivity contribution in [1.82, 2.24) is 0 Å². The minimum Gasteiger partial charge on any atom is -0.478 e. The van der Waals surface area contributed by atoms with Gasteiger partial charge < -0.3 is 15.5 Å². The van der Waals surface area contributed by atoms with Crippen LogP contribution in [0, 0.1) is 5.92 Å². The highest BCUT2D eigenvalue weighted by atomic mass is 32.2. The number of benzene rings is 1. The van der Waals surface area contributed by atoms with E-state index in [-0.39, 0.29) is 6.10 Å². The highest BCUT2D eigenvalue weighted by Crippen LogP contribution is 2.29. The first kappa shape index (κ1) is 15.2. The van der Waals surface area contributed by atoms with Gasteiger partial charge in [0.2, 0.25) is 0 Å². The fourth-order valence-corrected chi connectivity index (χ4v) is 3.29. The second kappa shape index (κ2) is 6.99. The maximum absolute atomic E-state index is 11.4. The molecule has 1 aromatic rings. The van der Waals surface area contributed by atoms with Crippen LogP contribution in [-0.4, -0.2) is 35.1 Å².